The van der Waals surface area contributed by atoms with Crippen LogP contribution >= 0.6 is 0 Å². The fourth-order valence-corrected chi connectivity index (χ4v) is 1.34. The number of anilines is 1. The molecule has 2 N–H and O–H groups in total. The molecule has 5 heteroatoms. The highest BCUT2D eigenvalue weighted by atomic mass is 16.5. The lowest BCUT2D eigenvalue weighted by Gasteiger charge is -2.11. The molecule has 0 atom stereocenters. The molecule has 0 radical (unpaired) electrons. The molecule has 0 aliphatic rings. The fourth-order valence-electron chi connectivity index (χ4n) is 1.34. The van der Waals surface area contributed by atoms with Crippen LogP contribution in [-0.4, -0.2) is 23.6 Å². The van der Waals surface area contributed by atoms with E-state index in [1.54, 1.807) is 18.2 Å². The Bertz CT molecular complexity index is 468. The van der Waals surface area contributed by atoms with Gasteiger partial charge in [-0.3, -0.25) is 4.79 Å². The predicted octanol–water partition coefficient (Wildman–Crippen LogP) is 2.44. The molecule has 0 fully saturated rings. The molecule has 1 rings (SSSR count). The van der Waals surface area contributed by atoms with Gasteiger partial charge in [0.25, 0.3) is 0 Å². The van der Waals surface area contributed by atoms with Crippen LogP contribution in [0.1, 0.15) is 19.8 Å². The average Bonchev–Trinajstić information content (AvgIpc) is 2.39. The van der Waals surface area contributed by atoms with Crippen molar-refractivity contribution in [2.45, 2.75) is 19.8 Å². The van der Waals surface area contributed by atoms with Gasteiger partial charge in [0.2, 0.25) is 5.91 Å². The van der Waals surface area contributed by atoms with Gasteiger partial charge in [-0.05, 0) is 18.6 Å². The van der Waals surface area contributed by atoms with Crippen molar-refractivity contribution in [1.82, 2.24) is 0 Å². The normalized spacial score (nSPS) is 10.4. The highest BCUT2D eigenvalue weighted by molar-refractivity contribution is 6.03. The Balaban J connectivity index is 2.66. The molecular weight excluding hydrogens is 246 g/mol. The van der Waals surface area contributed by atoms with Gasteiger partial charge >= 0.3 is 5.97 Å². The molecule has 0 bridgehead atoms. The molecule has 102 valence electrons. The summed E-state index contributed by atoms with van der Waals surface area (Å²) in [5.74, 6) is -1.09. The van der Waals surface area contributed by atoms with Crippen LogP contribution in [0.4, 0.5) is 5.69 Å². The number of aliphatic carboxylic acids is 1. The Hall–Kier alpha value is -2.30. The summed E-state index contributed by atoms with van der Waals surface area (Å²) >= 11 is 0. The Morgan fingerprint density at radius 1 is 1.32 bits per heavy atom. The number of carboxylic acid groups (broad SMARTS) is 1. The summed E-state index contributed by atoms with van der Waals surface area (Å²) in [7, 11) is 0. The molecule has 1 amide bonds. The van der Waals surface area contributed by atoms with Crippen LogP contribution in [0.3, 0.4) is 0 Å². The maximum atomic E-state index is 11.5. The summed E-state index contributed by atoms with van der Waals surface area (Å²) in [5.41, 5.74) is 0.527. The second-order valence-corrected chi connectivity index (χ2v) is 3.86. The fraction of sp³-hybridized carbons (Fsp3) is 0.286. The maximum Gasteiger partial charge on any atom is 0.328 e. The summed E-state index contributed by atoms with van der Waals surface area (Å²) in [6, 6.07) is 7.03. The third-order valence-electron chi connectivity index (χ3n) is 2.28. The Morgan fingerprint density at radius 3 is 2.74 bits per heavy atom. The molecule has 0 spiro atoms. The van der Waals surface area contributed by atoms with Crippen molar-refractivity contribution < 1.29 is 19.4 Å². The third kappa shape index (κ3) is 5.72. The van der Waals surface area contributed by atoms with E-state index in [1.165, 1.54) is 0 Å². The highest BCUT2D eigenvalue weighted by Crippen LogP contribution is 2.23. The first-order valence-electron chi connectivity index (χ1n) is 6.07. The number of hydrogen-bond donors (Lipinski definition) is 2. The van der Waals surface area contributed by atoms with Gasteiger partial charge in [-0.25, -0.2) is 4.79 Å². The van der Waals surface area contributed by atoms with Gasteiger partial charge in [0, 0.05) is 12.2 Å². The van der Waals surface area contributed by atoms with E-state index in [9.17, 15) is 9.59 Å². The number of ether oxygens (including phenoxy) is 1. The quantitative estimate of drug-likeness (QED) is 0.585. The first-order chi connectivity index (χ1) is 9.13. The number of hydrogen-bond acceptors (Lipinski definition) is 3. The molecule has 0 heterocycles. The number of carbonyl (C=O) groups excluding carboxylic acids is 1. The number of nitrogens with one attached hydrogen (secondary N) is 1. The summed E-state index contributed by atoms with van der Waals surface area (Å²) < 4.78 is 5.55. The second-order valence-electron chi connectivity index (χ2n) is 3.86. The molecular formula is C14H17NO4. The number of amides is 1. The monoisotopic (exact) mass is 263 g/mol. The van der Waals surface area contributed by atoms with Gasteiger partial charge < -0.3 is 15.2 Å². The van der Waals surface area contributed by atoms with E-state index in [-0.39, 0.29) is 0 Å². The number of unbranched alkanes of at least 4 members (excludes halogenated alkanes) is 1. The molecule has 0 aliphatic heterocycles. The van der Waals surface area contributed by atoms with Gasteiger partial charge in [-0.1, -0.05) is 25.5 Å². The minimum Gasteiger partial charge on any atom is -0.491 e. The van der Waals surface area contributed by atoms with Gasteiger partial charge in [-0.15, -0.1) is 0 Å². The average molecular weight is 263 g/mol. The molecule has 1 aromatic carbocycles. The Morgan fingerprint density at radius 2 is 2.05 bits per heavy atom. The second kappa shape index (κ2) is 7.92. The van der Waals surface area contributed by atoms with Gasteiger partial charge in [-0.2, -0.15) is 0 Å². The van der Waals surface area contributed by atoms with Crippen molar-refractivity contribution in [3.63, 3.8) is 0 Å². The number of carbonyl (C=O) groups is 2. The number of benzene rings is 1. The van der Waals surface area contributed by atoms with Crippen LogP contribution in [0, 0.1) is 0 Å². The minimum absolute atomic E-state index is 0.506. The smallest absolute Gasteiger partial charge is 0.328 e. The van der Waals surface area contributed by atoms with Crippen molar-refractivity contribution in [2.24, 2.45) is 0 Å². The minimum atomic E-state index is -1.16. The van der Waals surface area contributed by atoms with E-state index in [4.69, 9.17) is 9.84 Å². The maximum absolute atomic E-state index is 11.5. The topological polar surface area (TPSA) is 75.6 Å². The molecule has 1 aromatic rings. The van der Waals surface area contributed by atoms with E-state index < -0.39 is 11.9 Å². The van der Waals surface area contributed by atoms with E-state index in [1.807, 2.05) is 6.07 Å². The van der Waals surface area contributed by atoms with Crippen molar-refractivity contribution in [2.75, 3.05) is 11.9 Å². The Kier molecular flexibility index (Phi) is 6.15. The van der Waals surface area contributed by atoms with Crippen LogP contribution < -0.4 is 10.1 Å². The largest absolute Gasteiger partial charge is 0.491 e. The number of rotatable bonds is 7. The van der Waals surface area contributed by atoms with Crippen molar-refractivity contribution >= 4 is 17.6 Å². The molecule has 5 nitrogen and oxygen atoms in total. The summed E-state index contributed by atoms with van der Waals surface area (Å²) in [6.07, 6.45) is 3.71. The van der Waals surface area contributed by atoms with Gasteiger partial charge in [0.15, 0.2) is 0 Å². The first-order valence-corrected chi connectivity index (χ1v) is 6.07. The lowest BCUT2D eigenvalue weighted by Crippen LogP contribution is -2.10. The standard InChI is InChI=1S/C14H17NO4/c1-2-3-10-19-12-7-5-4-6-11(12)15-13(16)8-9-14(17)18/h4-9H,2-3,10H2,1H3,(H,15,16)(H,17,18)/b9-8-. The molecule has 19 heavy (non-hydrogen) atoms. The molecule has 0 aromatic heterocycles. The first kappa shape index (κ1) is 14.8. The Labute approximate surface area is 111 Å². The van der Waals surface area contributed by atoms with Crippen molar-refractivity contribution in [3.8, 4) is 5.75 Å². The van der Waals surface area contributed by atoms with Crippen LogP contribution in [-0.2, 0) is 9.59 Å². The summed E-state index contributed by atoms with van der Waals surface area (Å²) in [5, 5.41) is 11.0. The van der Waals surface area contributed by atoms with Crippen molar-refractivity contribution in [1.29, 1.82) is 0 Å². The molecule has 0 saturated carbocycles. The molecule has 0 aliphatic carbocycles. The number of carboxylic acids is 1. The lowest BCUT2D eigenvalue weighted by molar-refractivity contribution is -0.131. The third-order valence-corrected chi connectivity index (χ3v) is 2.28. The van der Waals surface area contributed by atoms with Gasteiger partial charge in [0.05, 0.1) is 12.3 Å². The van der Waals surface area contributed by atoms with Crippen LogP contribution in [0.2, 0.25) is 0 Å². The SMILES string of the molecule is CCCCOc1ccccc1NC(=O)/C=C\C(=O)O. The van der Waals surface area contributed by atoms with E-state index in [2.05, 4.69) is 12.2 Å². The number of para-hydroxylation sites is 2. The summed E-state index contributed by atoms with van der Waals surface area (Å²) in [4.78, 5) is 21.8. The zero-order chi connectivity index (χ0) is 14.1. The van der Waals surface area contributed by atoms with Crippen LogP contribution in [0.15, 0.2) is 36.4 Å². The van der Waals surface area contributed by atoms with Gasteiger partial charge in [0.1, 0.15) is 5.75 Å². The van der Waals surface area contributed by atoms with E-state index >= 15 is 0 Å². The lowest BCUT2D eigenvalue weighted by atomic mass is 10.3. The molecule has 0 unspecified atom stereocenters. The zero-order valence-electron chi connectivity index (χ0n) is 10.8. The molecule has 0 saturated heterocycles. The van der Waals surface area contributed by atoms with Crippen LogP contribution in [0.5, 0.6) is 5.75 Å². The van der Waals surface area contributed by atoms with E-state index in [0.29, 0.717) is 18.0 Å². The van der Waals surface area contributed by atoms with Crippen molar-refractivity contribution in [3.05, 3.63) is 36.4 Å². The predicted molar refractivity (Wildman–Crippen MR) is 72.3 cm³/mol. The summed E-state index contributed by atoms with van der Waals surface area (Å²) in [6.45, 7) is 2.64. The van der Waals surface area contributed by atoms with Crippen LogP contribution in [0.25, 0.3) is 0 Å². The van der Waals surface area contributed by atoms with E-state index in [0.717, 1.165) is 25.0 Å². The highest BCUT2D eigenvalue weighted by Gasteiger charge is 2.05. The zero-order valence-corrected chi connectivity index (χ0v) is 10.8.